The highest BCUT2D eigenvalue weighted by Gasteiger charge is 2.27. The van der Waals surface area contributed by atoms with Gasteiger partial charge in [-0.2, -0.15) is 0 Å². The third kappa shape index (κ3) is 53.7. The third-order valence-corrected chi connectivity index (χ3v) is 13.9. The van der Waals surface area contributed by atoms with E-state index in [1.54, 1.807) is 6.08 Å². The van der Waals surface area contributed by atoms with Crippen molar-refractivity contribution in [2.45, 2.75) is 270 Å². The first-order valence-corrected chi connectivity index (χ1v) is 30.8. The predicted molar refractivity (Wildman–Crippen MR) is 304 cm³/mol. The number of hydrogen-bond donors (Lipinski definition) is 3. The Hall–Kier alpha value is -2.06. The van der Waals surface area contributed by atoms with E-state index in [9.17, 15) is 19.4 Å². The maximum absolute atomic E-state index is 13.0. The maximum atomic E-state index is 13.0. The minimum atomic E-state index is -4.36. The molecule has 1 amide bonds. The number of phosphoric acid groups is 1. The monoisotopic (exact) mass is 1000 g/mol. The fraction of sp³-hybridized carbons (Fsp3) is 0.787. The number of nitrogens with one attached hydrogen (secondary N) is 1. The summed E-state index contributed by atoms with van der Waals surface area (Å²) in [6, 6.07) is -0.865. The summed E-state index contributed by atoms with van der Waals surface area (Å²) in [5.41, 5.74) is 0. The average Bonchev–Trinajstić information content (AvgIpc) is 3.32. The summed E-state index contributed by atoms with van der Waals surface area (Å²) >= 11 is 0. The number of quaternary nitrogens is 1. The van der Waals surface area contributed by atoms with E-state index in [0.29, 0.717) is 17.4 Å². The van der Waals surface area contributed by atoms with Crippen LogP contribution in [0.4, 0.5) is 0 Å². The van der Waals surface area contributed by atoms with Crippen LogP contribution in [0.2, 0.25) is 0 Å². The van der Waals surface area contributed by atoms with Crippen LogP contribution in [0, 0.1) is 0 Å². The number of nitrogens with zero attached hydrogens (tertiary/aromatic N) is 1. The molecule has 0 aromatic carbocycles. The summed E-state index contributed by atoms with van der Waals surface area (Å²) in [5.74, 6) is -0.186. The van der Waals surface area contributed by atoms with E-state index >= 15 is 0 Å². The Balaban J connectivity index is 4.13. The number of carbonyl (C=O) groups excluding carboxylic acids is 1. The molecule has 3 atom stereocenters. The summed E-state index contributed by atoms with van der Waals surface area (Å²) in [6.45, 7) is 4.70. The van der Waals surface area contributed by atoms with Gasteiger partial charge in [-0.25, -0.2) is 4.57 Å². The van der Waals surface area contributed by atoms with E-state index in [4.69, 9.17) is 9.05 Å². The van der Waals surface area contributed by atoms with Crippen molar-refractivity contribution in [3.63, 3.8) is 0 Å². The summed E-state index contributed by atoms with van der Waals surface area (Å²) in [7, 11) is 1.56. The van der Waals surface area contributed by atoms with Crippen LogP contribution in [-0.4, -0.2) is 73.4 Å². The van der Waals surface area contributed by atoms with Crippen LogP contribution in [0.3, 0.4) is 0 Å². The van der Waals surface area contributed by atoms with Gasteiger partial charge in [0.05, 0.1) is 39.9 Å². The van der Waals surface area contributed by atoms with Gasteiger partial charge >= 0.3 is 7.82 Å². The Morgan fingerprint density at radius 3 is 1.31 bits per heavy atom. The van der Waals surface area contributed by atoms with Crippen LogP contribution >= 0.6 is 7.82 Å². The molecule has 0 aliphatic rings. The van der Waals surface area contributed by atoms with Crippen molar-refractivity contribution in [2.75, 3.05) is 40.9 Å². The first kappa shape index (κ1) is 67.9. The van der Waals surface area contributed by atoms with Crippen LogP contribution in [0.15, 0.2) is 72.9 Å². The highest BCUT2D eigenvalue weighted by Crippen LogP contribution is 2.43. The number of phosphoric ester groups is 1. The van der Waals surface area contributed by atoms with Crippen molar-refractivity contribution in [3.8, 4) is 0 Å². The van der Waals surface area contributed by atoms with Crippen molar-refractivity contribution in [1.82, 2.24) is 5.32 Å². The summed E-state index contributed by atoms with van der Waals surface area (Å²) < 4.78 is 23.7. The van der Waals surface area contributed by atoms with Crippen LogP contribution in [0.25, 0.3) is 0 Å². The molecule has 3 N–H and O–H groups in total. The zero-order valence-electron chi connectivity index (χ0n) is 46.5. The van der Waals surface area contributed by atoms with Gasteiger partial charge in [0.2, 0.25) is 5.91 Å². The Bertz CT molecular complexity index is 1370. The number of hydrogen-bond acceptors (Lipinski definition) is 5. The van der Waals surface area contributed by atoms with Gasteiger partial charge in [0.25, 0.3) is 0 Å². The smallest absolute Gasteiger partial charge is 0.387 e. The SMILES string of the molecule is CC/C=C\C/C=C\C/C=C\C/C=C\CCCCCCCCCCCCCCCCCCCCC(=O)NC(COP(=O)(O)OCC[N+](C)(C)C)C(O)/C=C/CC/C=C/CCCCCCCCCCCCC. The normalized spacial score (nSPS) is 14.4. The average molecular weight is 1000 g/mol. The van der Waals surface area contributed by atoms with Gasteiger partial charge in [-0.15, -0.1) is 0 Å². The molecular formula is C61H114N2O6P+. The van der Waals surface area contributed by atoms with Gasteiger partial charge in [-0.05, 0) is 70.6 Å². The number of aliphatic hydroxyl groups is 1. The van der Waals surface area contributed by atoms with Crippen LogP contribution < -0.4 is 5.32 Å². The molecule has 3 unspecified atom stereocenters. The Morgan fingerprint density at radius 1 is 0.500 bits per heavy atom. The van der Waals surface area contributed by atoms with Crippen molar-refractivity contribution in [2.24, 2.45) is 0 Å². The van der Waals surface area contributed by atoms with Gasteiger partial charge in [-0.1, -0.05) is 254 Å². The number of allylic oxidation sites excluding steroid dienone is 11. The molecule has 0 rings (SSSR count). The van der Waals surface area contributed by atoms with Crippen LogP contribution in [0.5, 0.6) is 0 Å². The number of carbonyl (C=O) groups is 1. The zero-order valence-corrected chi connectivity index (χ0v) is 47.4. The molecule has 408 valence electrons. The highest BCUT2D eigenvalue weighted by atomic mass is 31.2. The summed E-state index contributed by atoms with van der Waals surface area (Å²) in [5, 5.41) is 13.9. The lowest BCUT2D eigenvalue weighted by Crippen LogP contribution is -2.45. The van der Waals surface area contributed by atoms with Gasteiger partial charge in [-0.3, -0.25) is 13.8 Å². The molecule has 0 saturated heterocycles. The second kappa shape index (κ2) is 51.8. The van der Waals surface area contributed by atoms with E-state index in [1.165, 1.54) is 173 Å². The maximum Gasteiger partial charge on any atom is 0.472 e. The first-order chi connectivity index (χ1) is 34.0. The van der Waals surface area contributed by atoms with Crippen LogP contribution in [0.1, 0.15) is 258 Å². The Morgan fingerprint density at radius 2 is 0.871 bits per heavy atom. The number of likely N-dealkylation sites (N-methyl/N-ethyl adjacent to an activating group) is 1. The predicted octanol–water partition coefficient (Wildman–Crippen LogP) is 17.9. The summed E-state index contributed by atoms with van der Waals surface area (Å²) in [6.07, 6.45) is 71.6. The number of amides is 1. The molecule has 0 radical (unpaired) electrons. The van der Waals surface area contributed by atoms with Crippen molar-refractivity contribution in [1.29, 1.82) is 0 Å². The minimum absolute atomic E-state index is 0.0552. The molecule has 0 spiro atoms. The summed E-state index contributed by atoms with van der Waals surface area (Å²) in [4.78, 5) is 23.3. The fourth-order valence-electron chi connectivity index (χ4n) is 8.34. The zero-order chi connectivity index (χ0) is 51.3. The lowest BCUT2D eigenvalue weighted by Gasteiger charge is -2.25. The molecule has 0 heterocycles. The lowest BCUT2D eigenvalue weighted by atomic mass is 10.0. The fourth-order valence-corrected chi connectivity index (χ4v) is 9.08. The molecule has 0 aromatic heterocycles. The van der Waals surface area contributed by atoms with E-state index in [-0.39, 0.29) is 19.1 Å². The van der Waals surface area contributed by atoms with E-state index < -0.39 is 20.0 Å². The molecule has 70 heavy (non-hydrogen) atoms. The lowest BCUT2D eigenvalue weighted by molar-refractivity contribution is -0.870. The molecule has 8 nitrogen and oxygen atoms in total. The molecule has 0 aromatic rings. The Kier molecular flexibility index (Phi) is 50.3. The third-order valence-electron chi connectivity index (χ3n) is 12.9. The topological polar surface area (TPSA) is 105 Å². The first-order valence-electron chi connectivity index (χ1n) is 29.3. The molecule has 0 aliphatic carbocycles. The van der Waals surface area contributed by atoms with Gasteiger partial charge in [0.15, 0.2) is 0 Å². The molecule has 9 heteroatoms. The number of aliphatic hydroxyl groups excluding tert-OH is 1. The van der Waals surface area contributed by atoms with Gasteiger partial charge < -0.3 is 19.8 Å². The quantitative estimate of drug-likeness (QED) is 0.0243. The van der Waals surface area contributed by atoms with Crippen molar-refractivity contribution < 1.29 is 32.9 Å². The van der Waals surface area contributed by atoms with Gasteiger partial charge in [0.1, 0.15) is 13.2 Å². The number of unbranched alkanes of at least 4 members (excludes halogenated alkanes) is 30. The van der Waals surface area contributed by atoms with Crippen molar-refractivity contribution in [3.05, 3.63) is 72.9 Å². The van der Waals surface area contributed by atoms with Crippen molar-refractivity contribution >= 4 is 13.7 Å². The van der Waals surface area contributed by atoms with E-state index in [0.717, 1.165) is 64.2 Å². The molecular weight excluding hydrogens is 888 g/mol. The van der Waals surface area contributed by atoms with Gasteiger partial charge in [0, 0.05) is 6.42 Å². The van der Waals surface area contributed by atoms with E-state index in [2.05, 4.69) is 79.9 Å². The molecule has 0 bridgehead atoms. The second-order valence-corrected chi connectivity index (χ2v) is 22.4. The second-order valence-electron chi connectivity index (χ2n) is 21.0. The molecule has 0 aliphatic heterocycles. The largest absolute Gasteiger partial charge is 0.472 e. The van der Waals surface area contributed by atoms with E-state index in [1.807, 2.05) is 27.2 Å². The minimum Gasteiger partial charge on any atom is -0.387 e. The Labute approximate surface area is 434 Å². The standard InChI is InChI=1S/C61H113N2O6P/c1-6-8-10-12-14-16-18-20-22-24-25-26-27-28-29-30-31-32-33-34-35-36-37-39-41-43-45-47-49-51-53-55-61(65)62-59(58-69-70(66,67)68-57-56-63(3,4)5)60(64)54-52-50-48-46-44-42-40-38-23-21-19-17-15-13-11-9-7-2/h8,10,14,16,20,22,25-26,44,46,52,54,59-60,64H,6-7,9,11-13,15,17-19,21,23-24,27-43,45,47-51,53,55-58H2,1-5H3,(H-,62,65,66,67)/p+1/b10-8-,16-14-,22-20-,26-25-,46-44+,54-52+. The number of rotatable bonds is 53. The molecule has 0 fully saturated rings. The molecule has 0 saturated carbocycles. The highest BCUT2D eigenvalue weighted by molar-refractivity contribution is 7.47. The van der Waals surface area contributed by atoms with Crippen LogP contribution in [-0.2, 0) is 18.4 Å².